The van der Waals surface area contributed by atoms with E-state index in [9.17, 15) is 14.4 Å². The van der Waals surface area contributed by atoms with Crippen molar-refractivity contribution in [2.24, 2.45) is 46.2 Å². The van der Waals surface area contributed by atoms with E-state index in [0.29, 0.717) is 23.9 Å². The molecule has 36 heavy (non-hydrogen) atoms. The Morgan fingerprint density at radius 2 is 1.89 bits per heavy atom. The van der Waals surface area contributed by atoms with E-state index in [1.165, 1.54) is 44.1 Å². The van der Waals surface area contributed by atoms with E-state index in [1.54, 1.807) is 6.08 Å². The van der Waals surface area contributed by atoms with Crippen LogP contribution in [-0.4, -0.2) is 41.7 Å². The van der Waals surface area contributed by atoms with Crippen LogP contribution in [0.1, 0.15) is 84.5 Å². The van der Waals surface area contributed by atoms with Gasteiger partial charge in [0.2, 0.25) is 5.91 Å². The van der Waals surface area contributed by atoms with Gasteiger partial charge in [-0.25, -0.2) is 10.3 Å². The van der Waals surface area contributed by atoms with Gasteiger partial charge in [-0.15, -0.1) is 0 Å². The number of hydrogen-bond acceptors (Lipinski definition) is 6. The van der Waals surface area contributed by atoms with Gasteiger partial charge in [-0.3, -0.25) is 14.4 Å². The molecular formula is C28H42N2O6. The summed E-state index contributed by atoms with van der Waals surface area (Å²) in [5, 5.41) is 8.87. The van der Waals surface area contributed by atoms with Crippen molar-refractivity contribution >= 4 is 17.8 Å². The van der Waals surface area contributed by atoms with Crippen molar-refractivity contribution in [3.63, 3.8) is 0 Å². The number of hydrogen-bond donors (Lipinski definition) is 3. The van der Waals surface area contributed by atoms with Crippen molar-refractivity contribution in [3.05, 3.63) is 11.6 Å². The Hall–Kier alpha value is -1.93. The molecule has 0 spiro atoms. The first-order valence-electron chi connectivity index (χ1n) is 13.9. The predicted octanol–water partition coefficient (Wildman–Crippen LogP) is 3.74. The van der Waals surface area contributed by atoms with Crippen LogP contribution in [0.3, 0.4) is 0 Å². The number of rotatable bonds is 7. The fourth-order valence-corrected chi connectivity index (χ4v) is 9.14. The van der Waals surface area contributed by atoms with E-state index in [2.05, 4.69) is 19.3 Å². The van der Waals surface area contributed by atoms with E-state index in [1.807, 2.05) is 0 Å². The van der Waals surface area contributed by atoms with Crippen LogP contribution in [-0.2, 0) is 24.0 Å². The minimum absolute atomic E-state index is 0.00767. The molecule has 8 heteroatoms. The highest BCUT2D eigenvalue weighted by molar-refractivity contribution is 5.85. The fourth-order valence-electron chi connectivity index (χ4n) is 9.14. The molecule has 1 amide bonds. The monoisotopic (exact) mass is 502 g/mol. The number of cyclic esters (lactones) is 1. The smallest absolute Gasteiger partial charge is 0.331 e. The van der Waals surface area contributed by atoms with E-state index in [4.69, 9.17) is 20.4 Å². The first kappa shape index (κ1) is 25.7. The topological polar surface area (TPSA) is 128 Å². The number of ether oxygens (including phenoxy) is 1. The van der Waals surface area contributed by atoms with Gasteiger partial charge in [-0.2, -0.15) is 0 Å². The van der Waals surface area contributed by atoms with Crippen molar-refractivity contribution in [2.45, 2.75) is 96.6 Å². The van der Waals surface area contributed by atoms with Crippen LogP contribution in [0.2, 0.25) is 0 Å². The molecule has 4 N–H and O–H groups in total. The Labute approximate surface area is 213 Å². The number of carbonyl (C=O) groups is 3. The molecule has 0 bridgehead atoms. The van der Waals surface area contributed by atoms with Gasteiger partial charge in [-0.05, 0) is 110 Å². The summed E-state index contributed by atoms with van der Waals surface area (Å²) in [4.78, 5) is 40.5. The quantitative estimate of drug-likeness (QED) is 0.357. The van der Waals surface area contributed by atoms with Gasteiger partial charge >= 0.3 is 11.9 Å². The Balaban J connectivity index is 1.18. The van der Waals surface area contributed by atoms with Gasteiger partial charge in [-0.1, -0.05) is 13.8 Å². The van der Waals surface area contributed by atoms with Gasteiger partial charge in [0.15, 0.2) is 0 Å². The van der Waals surface area contributed by atoms with Crippen molar-refractivity contribution in [3.8, 4) is 0 Å². The van der Waals surface area contributed by atoms with Crippen molar-refractivity contribution < 1.29 is 29.1 Å². The first-order chi connectivity index (χ1) is 17.1. The highest BCUT2D eigenvalue weighted by Crippen LogP contribution is 2.68. The van der Waals surface area contributed by atoms with Crippen molar-refractivity contribution in [1.29, 1.82) is 0 Å². The van der Waals surface area contributed by atoms with E-state index in [-0.39, 0.29) is 36.2 Å². The minimum Gasteiger partial charge on any atom is -0.480 e. The lowest BCUT2D eigenvalue weighted by Crippen LogP contribution is -2.54. The van der Waals surface area contributed by atoms with Gasteiger partial charge in [0.05, 0.1) is 6.10 Å². The lowest BCUT2D eigenvalue weighted by atomic mass is 9.44. The van der Waals surface area contributed by atoms with E-state index >= 15 is 0 Å². The summed E-state index contributed by atoms with van der Waals surface area (Å²) >= 11 is 0. The maximum absolute atomic E-state index is 12.1. The van der Waals surface area contributed by atoms with Crippen LogP contribution in [0.15, 0.2) is 11.6 Å². The number of nitrogens with one attached hydrogen (secondary N) is 1. The average Bonchev–Trinajstić information content (AvgIpc) is 3.43. The van der Waals surface area contributed by atoms with Crippen molar-refractivity contribution in [2.75, 3.05) is 6.61 Å². The molecule has 4 saturated carbocycles. The molecule has 4 aliphatic carbocycles. The molecule has 9 atom stereocenters. The predicted molar refractivity (Wildman–Crippen MR) is 132 cm³/mol. The molecular weight excluding hydrogens is 460 g/mol. The lowest BCUT2D eigenvalue weighted by Gasteiger charge is -2.61. The molecule has 0 unspecified atom stereocenters. The minimum atomic E-state index is -1.10. The number of aliphatic carboxylic acids is 1. The molecule has 1 heterocycles. The summed E-state index contributed by atoms with van der Waals surface area (Å²) in [5.41, 5.74) is 9.86. The zero-order valence-electron chi connectivity index (χ0n) is 21.7. The van der Waals surface area contributed by atoms with Gasteiger partial charge < -0.3 is 15.6 Å². The summed E-state index contributed by atoms with van der Waals surface area (Å²) in [6.07, 6.45) is 12.3. The second kappa shape index (κ2) is 9.75. The molecule has 0 saturated heterocycles. The molecule has 0 aromatic rings. The van der Waals surface area contributed by atoms with Crippen LogP contribution in [0.4, 0.5) is 0 Å². The molecule has 0 aromatic carbocycles. The molecule has 1 aliphatic heterocycles. The Morgan fingerprint density at radius 1 is 1.14 bits per heavy atom. The molecule has 8 nitrogen and oxygen atoms in total. The maximum atomic E-state index is 12.1. The Kier molecular flexibility index (Phi) is 6.96. The van der Waals surface area contributed by atoms with Crippen LogP contribution in [0.25, 0.3) is 0 Å². The number of fused-ring (bicyclic) bond motifs is 5. The molecule has 0 radical (unpaired) electrons. The van der Waals surface area contributed by atoms with Gasteiger partial charge in [0.25, 0.3) is 0 Å². The maximum Gasteiger partial charge on any atom is 0.331 e. The van der Waals surface area contributed by atoms with Crippen LogP contribution >= 0.6 is 0 Å². The van der Waals surface area contributed by atoms with Crippen molar-refractivity contribution in [1.82, 2.24) is 5.48 Å². The third-order valence-corrected chi connectivity index (χ3v) is 11.1. The van der Waals surface area contributed by atoms with E-state index in [0.717, 1.165) is 37.0 Å². The zero-order valence-corrected chi connectivity index (χ0v) is 21.7. The van der Waals surface area contributed by atoms with Gasteiger partial charge in [0.1, 0.15) is 12.6 Å². The number of nitrogens with two attached hydrogens (primary N) is 1. The third-order valence-electron chi connectivity index (χ3n) is 11.1. The summed E-state index contributed by atoms with van der Waals surface area (Å²) < 4.78 is 5.28. The molecule has 5 aliphatic rings. The second-order valence-electron chi connectivity index (χ2n) is 12.7. The Bertz CT molecular complexity index is 935. The van der Waals surface area contributed by atoms with Gasteiger partial charge in [0, 0.05) is 12.5 Å². The zero-order chi connectivity index (χ0) is 25.7. The fraction of sp³-hybridized carbons (Fsp3) is 0.821. The van der Waals surface area contributed by atoms with Crippen LogP contribution < -0.4 is 11.2 Å². The summed E-state index contributed by atoms with van der Waals surface area (Å²) in [6.45, 7) is 5.49. The number of carboxylic acid groups (broad SMARTS) is 1. The molecule has 0 aromatic heterocycles. The molecule has 4 fully saturated rings. The third kappa shape index (κ3) is 4.49. The normalized spacial score (nSPS) is 42.4. The highest BCUT2D eigenvalue weighted by Gasteiger charge is 2.60. The second-order valence-corrected chi connectivity index (χ2v) is 12.7. The molecule has 5 rings (SSSR count). The summed E-state index contributed by atoms with van der Waals surface area (Å²) in [6, 6.07) is -1.03. The van der Waals surface area contributed by atoms with E-state index < -0.39 is 12.0 Å². The van der Waals surface area contributed by atoms with Crippen LogP contribution in [0.5, 0.6) is 0 Å². The highest BCUT2D eigenvalue weighted by atomic mass is 16.7. The average molecular weight is 503 g/mol. The number of esters is 1. The number of amides is 1. The molecule has 200 valence electrons. The number of carbonyl (C=O) groups excluding carboxylic acids is 2. The summed E-state index contributed by atoms with van der Waals surface area (Å²) in [5.74, 6) is 1.72. The largest absolute Gasteiger partial charge is 0.480 e. The van der Waals surface area contributed by atoms with Crippen LogP contribution in [0, 0.1) is 40.4 Å². The summed E-state index contributed by atoms with van der Waals surface area (Å²) in [7, 11) is 0. The first-order valence-corrected chi connectivity index (χ1v) is 13.9. The SMILES string of the molecule is C[C@]12CC[C@H](ONC(=O)CC[C@H](N)C(=O)O)C[C@H]1CC[C@@H]1[C@@H]2CC[C@]2(C)[C@@H](C3=CC(=O)OC3)CC[C@@H]12. The standard InChI is InChI=1S/C28H42N2O6/c1-27-11-9-18(36-30-24(31)8-7-23(29)26(33)34)14-17(27)3-4-19-21-6-5-20(16-13-25(32)35-15-16)28(21,2)12-10-22(19)27/h13,17-23H,3-12,14-15,29H2,1-2H3,(H,30,31)(H,33,34)/t17-,18+,19+,20-,21+,22+,23+,27+,28-/m1/s1. The Morgan fingerprint density at radius 3 is 2.61 bits per heavy atom. The number of carboxylic acids is 1. The number of hydroxylamine groups is 1. The lowest BCUT2D eigenvalue weighted by molar-refractivity contribution is -0.158.